The fraction of sp³-hybridized carbons (Fsp3) is 0.118. The zero-order chi connectivity index (χ0) is 19.3. The maximum absolute atomic E-state index is 12.2. The lowest BCUT2D eigenvalue weighted by Gasteiger charge is -2.08. The average molecular weight is 384 g/mol. The van der Waals surface area contributed by atoms with Gasteiger partial charge >= 0.3 is 12.1 Å². The van der Waals surface area contributed by atoms with Gasteiger partial charge in [-0.25, -0.2) is 5.43 Å². The number of rotatable bonds is 4. The molecular weight excluding hydrogens is 371 g/mol. The van der Waals surface area contributed by atoms with Crippen LogP contribution in [0, 0.1) is 0 Å². The van der Waals surface area contributed by atoms with Crippen LogP contribution in [0.1, 0.15) is 22.8 Å². The molecule has 0 atom stereocenters. The van der Waals surface area contributed by atoms with E-state index in [1.807, 2.05) is 0 Å². The van der Waals surface area contributed by atoms with Crippen molar-refractivity contribution < 1.29 is 22.8 Å². The highest BCUT2D eigenvalue weighted by molar-refractivity contribution is 6.30. The van der Waals surface area contributed by atoms with Gasteiger partial charge in [-0.3, -0.25) is 9.59 Å². The Morgan fingerprint density at radius 2 is 1.69 bits per heavy atom. The van der Waals surface area contributed by atoms with Gasteiger partial charge in [0.1, 0.15) is 0 Å². The summed E-state index contributed by atoms with van der Waals surface area (Å²) in [6, 6.07) is 11.9. The van der Waals surface area contributed by atoms with Crippen molar-refractivity contribution in [3.05, 3.63) is 64.7 Å². The number of nitrogens with zero attached hydrogens (tertiary/aromatic N) is 1. The lowest BCUT2D eigenvalue weighted by atomic mass is 10.1. The van der Waals surface area contributed by atoms with E-state index in [0.29, 0.717) is 21.9 Å². The molecule has 0 aromatic heterocycles. The third-order valence-electron chi connectivity index (χ3n) is 3.23. The molecule has 0 aliphatic carbocycles. The minimum absolute atomic E-state index is 0.00756. The Kier molecular flexibility index (Phi) is 5.99. The third kappa shape index (κ3) is 5.32. The number of carbonyl (C=O) groups is 2. The summed E-state index contributed by atoms with van der Waals surface area (Å²) in [5, 5.41) is 6.09. The van der Waals surface area contributed by atoms with E-state index >= 15 is 0 Å². The zero-order valence-electron chi connectivity index (χ0n) is 13.4. The molecule has 0 saturated carbocycles. The van der Waals surface area contributed by atoms with Crippen LogP contribution in [0.2, 0.25) is 5.02 Å². The fourth-order valence-corrected chi connectivity index (χ4v) is 2.08. The van der Waals surface area contributed by atoms with Gasteiger partial charge in [-0.2, -0.15) is 18.3 Å². The number of anilines is 1. The highest BCUT2D eigenvalue weighted by atomic mass is 35.5. The van der Waals surface area contributed by atoms with Crippen LogP contribution in [0.15, 0.2) is 53.6 Å². The Bertz CT molecular complexity index is 849. The first-order chi connectivity index (χ1) is 12.2. The molecule has 136 valence electrons. The van der Waals surface area contributed by atoms with Gasteiger partial charge in [0.2, 0.25) is 0 Å². The van der Waals surface area contributed by atoms with E-state index in [1.54, 1.807) is 30.4 Å². The zero-order valence-corrected chi connectivity index (χ0v) is 14.2. The Hall–Kier alpha value is -2.87. The first-order valence-electron chi connectivity index (χ1n) is 7.25. The van der Waals surface area contributed by atoms with Gasteiger partial charge in [0, 0.05) is 16.3 Å². The SMILES string of the molecule is CC(=NNC(=O)c1cccc(Cl)c1)c1ccc(NC(=O)C(F)(F)F)cc1. The van der Waals surface area contributed by atoms with E-state index in [2.05, 4.69) is 10.5 Å². The third-order valence-corrected chi connectivity index (χ3v) is 3.47. The molecule has 2 aromatic rings. The topological polar surface area (TPSA) is 70.6 Å². The minimum Gasteiger partial charge on any atom is -0.318 e. The molecule has 0 bridgehead atoms. The summed E-state index contributed by atoms with van der Waals surface area (Å²) in [5.74, 6) is -2.51. The molecule has 0 unspecified atom stereocenters. The lowest BCUT2D eigenvalue weighted by molar-refractivity contribution is -0.167. The molecule has 0 saturated heterocycles. The van der Waals surface area contributed by atoms with Crippen LogP contribution in [0.25, 0.3) is 0 Å². The first-order valence-corrected chi connectivity index (χ1v) is 7.63. The van der Waals surface area contributed by atoms with E-state index in [0.717, 1.165) is 0 Å². The Morgan fingerprint density at radius 1 is 1.04 bits per heavy atom. The van der Waals surface area contributed by atoms with Gasteiger partial charge in [-0.1, -0.05) is 29.8 Å². The molecule has 0 radical (unpaired) electrons. The molecule has 2 rings (SSSR count). The van der Waals surface area contributed by atoms with E-state index in [1.165, 1.54) is 30.3 Å². The Balaban J connectivity index is 2.03. The van der Waals surface area contributed by atoms with Crippen LogP contribution in [0.4, 0.5) is 18.9 Å². The van der Waals surface area contributed by atoms with Gasteiger partial charge in [0.25, 0.3) is 5.91 Å². The van der Waals surface area contributed by atoms with Crippen molar-refractivity contribution in [2.45, 2.75) is 13.1 Å². The number of hydrazone groups is 1. The van der Waals surface area contributed by atoms with Crippen molar-refractivity contribution in [3.63, 3.8) is 0 Å². The van der Waals surface area contributed by atoms with Gasteiger partial charge in [0.15, 0.2) is 0 Å². The van der Waals surface area contributed by atoms with Crippen molar-refractivity contribution in [1.29, 1.82) is 0 Å². The van der Waals surface area contributed by atoms with E-state index in [4.69, 9.17) is 11.6 Å². The van der Waals surface area contributed by atoms with Crippen LogP contribution in [0.5, 0.6) is 0 Å². The number of halogens is 4. The van der Waals surface area contributed by atoms with Gasteiger partial charge in [0.05, 0.1) is 5.71 Å². The molecule has 0 aliphatic rings. The summed E-state index contributed by atoms with van der Waals surface area (Å²) in [5.41, 5.74) is 3.67. The van der Waals surface area contributed by atoms with Crippen LogP contribution in [-0.4, -0.2) is 23.7 Å². The molecule has 0 heterocycles. The molecule has 2 amide bonds. The summed E-state index contributed by atoms with van der Waals surface area (Å²) in [4.78, 5) is 22.8. The number of carbonyl (C=O) groups excluding carboxylic acids is 2. The summed E-state index contributed by atoms with van der Waals surface area (Å²) in [6.07, 6.45) is -4.96. The van der Waals surface area contributed by atoms with E-state index < -0.39 is 18.0 Å². The fourth-order valence-electron chi connectivity index (χ4n) is 1.89. The maximum atomic E-state index is 12.2. The predicted octanol–water partition coefficient (Wildman–Crippen LogP) is 3.99. The van der Waals surface area contributed by atoms with Crippen LogP contribution in [0.3, 0.4) is 0 Å². The number of hydrogen-bond donors (Lipinski definition) is 2. The van der Waals surface area contributed by atoms with Crippen molar-refractivity contribution >= 4 is 34.8 Å². The molecule has 26 heavy (non-hydrogen) atoms. The van der Waals surface area contributed by atoms with Crippen molar-refractivity contribution in [1.82, 2.24) is 5.43 Å². The molecule has 5 nitrogen and oxygen atoms in total. The Morgan fingerprint density at radius 3 is 2.27 bits per heavy atom. The average Bonchev–Trinajstić information content (AvgIpc) is 2.59. The predicted molar refractivity (Wildman–Crippen MR) is 92.3 cm³/mol. The molecule has 0 aliphatic heterocycles. The highest BCUT2D eigenvalue weighted by Gasteiger charge is 2.38. The Labute approximate surface area is 151 Å². The molecule has 0 fully saturated rings. The maximum Gasteiger partial charge on any atom is 0.471 e. The van der Waals surface area contributed by atoms with Crippen LogP contribution in [-0.2, 0) is 4.79 Å². The summed E-state index contributed by atoms with van der Waals surface area (Å²) in [6.45, 7) is 1.61. The van der Waals surface area contributed by atoms with E-state index in [-0.39, 0.29) is 5.69 Å². The van der Waals surface area contributed by atoms with E-state index in [9.17, 15) is 22.8 Å². The van der Waals surface area contributed by atoms with Crippen LogP contribution < -0.4 is 10.7 Å². The first kappa shape index (κ1) is 19.5. The number of amides is 2. The van der Waals surface area contributed by atoms with Gasteiger partial charge < -0.3 is 5.32 Å². The second-order valence-corrected chi connectivity index (χ2v) is 5.61. The smallest absolute Gasteiger partial charge is 0.318 e. The van der Waals surface area contributed by atoms with Gasteiger partial charge in [-0.05, 0) is 42.8 Å². The lowest BCUT2D eigenvalue weighted by Crippen LogP contribution is -2.29. The summed E-state index contributed by atoms with van der Waals surface area (Å²) >= 11 is 5.81. The molecule has 2 N–H and O–H groups in total. The number of alkyl halides is 3. The molecule has 0 spiro atoms. The normalized spacial score (nSPS) is 11.8. The molecule has 2 aromatic carbocycles. The minimum atomic E-state index is -4.96. The second kappa shape index (κ2) is 8.01. The van der Waals surface area contributed by atoms with Crippen molar-refractivity contribution in [2.75, 3.05) is 5.32 Å². The number of nitrogens with one attached hydrogen (secondary N) is 2. The second-order valence-electron chi connectivity index (χ2n) is 5.18. The summed E-state index contributed by atoms with van der Waals surface area (Å²) in [7, 11) is 0. The molecule has 9 heteroatoms. The van der Waals surface area contributed by atoms with Crippen molar-refractivity contribution in [3.8, 4) is 0 Å². The summed E-state index contributed by atoms with van der Waals surface area (Å²) < 4.78 is 36.6. The number of benzene rings is 2. The van der Waals surface area contributed by atoms with Gasteiger partial charge in [-0.15, -0.1) is 0 Å². The largest absolute Gasteiger partial charge is 0.471 e. The van der Waals surface area contributed by atoms with Crippen LogP contribution >= 0.6 is 11.6 Å². The highest BCUT2D eigenvalue weighted by Crippen LogP contribution is 2.18. The quantitative estimate of drug-likeness (QED) is 0.619. The standard InChI is InChI=1S/C17H13ClF3N3O2/c1-10(23-24-15(25)12-3-2-4-13(18)9-12)11-5-7-14(8-6-11)22-16(26)17(19,20)21/h2-9H,1H3,(H,22,26)(H,24,25). The molecular formula is C17H13ClF3N3O2. The monoisotopic (exact) mass is 383 g/mol. The van der Waals surface area contributed by atoms with Crippen molar-refractivity contribution in [2.24, 2.45) is 5.10 Å². The number of hydrogen-bond acceptors (Lipinski definition) is 3.